The Morgan fingerprint density at radius 1 is 1.21 bits per heavy atom. The van der Waals surface area contributed by atoms with Crippen molar-refractivity contribution in [2.75, 3.05) is 12.4 Å². The number of carbonyl (C=O) groups is 1. The lowest BCUT2D eigenvalue weighted by atomic mass is 10.3. The fourth-order valence-electron chi connectivity index (χ4n) is 3.26. The molecule has 1 amide bonds. The Morgan fingerprint density at radius 2 is 2.03 bits per heavy atom. The van der Waals surface area contributed by atoms with E-state index >= 15 is 0 Å². The summed E-state index contributed by atoms with van der Waals surface area (Å²) in [6.07, 6.45) is 1.00. The molecule has 5 nitrogen and oxygen atoms in total. The molecule has 0 saturated heterocycles. The molecule has 4 rings (SSSR count). The molecule has 0 saturated carbocycles. The molecule has 4 aromatic rings. The van der Waals surface area contributed by atoms with E-state index in [1.807, 2.05) is 30.3 Å². The molecule has 148 valence electrons. The first kappa shape index (κ1) is 19.5. The first-order valence-corrected chi connectivity index (χ1v) is 10.5. The van der Waals surface area contributed by atoms with E-state index in [-0.39, 0.29) is 5.91 Å². The zero-order valence-electron chi connectivity index (χ0n) is 16.1. The molecule has 2 aromatic heterocycles. The van der Waals surface area contributed by atoms with Crippen molar-refractivity contribution < 1.29 is 9.53 Å². The van der Waals surface area contributed by atoms with Crippen LogP contribution in [0.2, 0.25) is 5.02 Å². The third-order valence-corrected chi connectivity index (χ3v) is 5.88. The smallest absolute Gasteiger partial charge is 0.265 e. The summed E-state index contributed by atoms with van der Waals surface area (Å²) in [4.78, 5) is 19.1. The van der Waals surface area contributed by atoms with Crippen LogP contribution >= 0.6 is 22.9 Å². The number of anilines is 1. The van der Waals surface area contributed by atoms with Crippen molar-refractivity contribution in [3.63, 3.8) is 0 Å². The van der Waals surface area contributed by atoms with Gasteiger partial charge in [-0.3, -0.25) is 4.79 Å². The number of aromatic nitrogens is 2. The van der Waals surface area contributed by atoms with Crippen molar-refractivity contribution in [3.8, 4) is 16.5 Å². The minimum Gasteiger partial charge on any atom is -0.495 e. The first-order chi connectivity index (χ1) is 14.1. The van der Waals surface area contributed by atoms with Crippen LogP contribution in [0, 0.1) is 0 Å². The third-order valence-electron chi connectivity index (χ3n) is 4.56. The summed E-state index contributed by atoms with van der Waals surface area (Å²) in [7, 11) is 1.56. The Kier molecular flexibility index (Phi) is 5.56. The number of nitrogens with zero attached hydrogens (tertiary/aromatic N) is 2. The molecule has 0 unspecified atom stereocenters. The molecule has 1 N–H and O–H groups in total. The molecule has 0 aliphatic rings. The molecule has 0 atom stereocenters. The number of hydrogen-bond acceptors (Lipinski definition) is 4. The zero-order valence-corrected chi connectivity index (χ0v) is 17.7. The average molecular weight is 426 g/mol. The standard InChI is InChI=1S/C22H20ClN3O2S/c1-3-12-26-17-7-5-4-6-15(17)24-21(26)19-10-11-20(29-19)22(27)25-16-13-14(23)8-9-18(16)28-2/h4-11,13H,3,12H2,1-2H3,(H,25,27). The number of amides is 1. The van der Waals surface area contributed by atoms with E-state index in [0.29, 0.717) is 21.3 Å². The highest BCUT2D eigenvalue weighted by molar-refractivity contribution is 7.17. The predicted molar refractivity (Wildman–Crippen MR) is 119 cm³/mol. The number of para-hydroxylation sites is 2. The van der Waals surface area contributed by atoms with Gasteiger partial charge in [-0.1, -0.05) is 30.7 Å². The van der Waals surface area contributed by atoms with Crippen molar-refractivity contribution in [2.24, 2.45) is 0 Å². The fraction of sp³-hybridized carbons (Fsp3) is 0.182. The highest BCUT2D eigenvalue weighted by atomic mass is 35.5. The second kappa shape index (κ2) is 8.27. The van der Waals surface area contributed by atoms with Gasteiger partial charge in [-0.05, 0) is 48.9 Å². The molecule has 0 aliphatic heterocycles. The van der Waals surface area contributed by atoms with Gasteiger partial charge in [-0.2, -0.15) is 0 Å². The quantitative estimate of drug-likeness (QED) is 0.406. The Bertz CT molecular complexity index is 1180. The van der Waals surface area contributed by atoms with E-state index in [0.717, 1.165) is 34.7 Å². The first-order valence-electron chi connectivity index (χ1n) is 9.31. The van der Waals surface area contributed by atoms with Crippen molar-refractivity contribution in [3.05, 3.63) is 64.5 Å². The fourth-order valence-corrected chi connectivity index (χ4v) is 4.33. The molecule has 2 aromatic carbocycles. The summed E-state index contributed by atoms with van der Waals surface area (Å²) in [6.45, 7) is 3.01. The van der Waals surface area contributed by atoms with Crippen LogP contribution in [0.4, 0.5) is 5.69 Å². The minimum absolute atomic E-state index is 0.208. The van der Waals surface area contributed by atoms with E-state index in [4.69, 9.17) is 21.3 Å². The number of imidazole rings is 1. The summed E-state index contributed by atoms with van der Waals surface area (Å²) >= 11 is 7.47. The van der Waals surface area contributed by atoms with Gasteiger partial charge in [-0.25, -0.2) is 4.98 Å². The van der Waals surface area contributed by atoms with Gasteiger partial charge in [0.1, 0.15) is 5.75 Å². The Labute approximate surface area is 177 Å². The van der Waals surface area contributed by atoms with Crippen LogP contribution in [0.5, 0.6) is 5.75 Å². The van der Waals surface area contributed by atoms with Crippen molar-refractivity contribution in [1.82, 2.24) is 9.55 Å². The van der Waals surface area contributed by atoms with Gasteiger partial charge in [0.25, 0.3) is 5.91 Å². The van der Waals surface area contributed by atoms with Crippen LogP contribution < -0.4 is 10.1 Å². The van der Waals surface area contributed by atoms with E-state index in [2.05, 4.69) is 22.9 Å². The maximum Gasteiger partial charge on any atom is 0.265 e. The normalized spacial score (nSPS) is 11.0. The Balaban J connectivity index is 1.65. The van der Waals surface area contributed by atoms with E-state index in [9.17, 15) is 4.79 Å². The monoisotopic (exact) mass is 425 g/mol. The van der Waals surface area contributed by atoms with Crippen LogP contribution in [-0.4, -0.2) is 22.6 Å². The molecule has 29 heavy (non-hydrogen) atoms. The van der Waals surface area contributed by atoms with Gasteiger partial charge >= 0.3 is 0 Å². The number of thiophene rings is 1. The summed E-state index contributed by atoms with van der Waals surface area (Å²) < 4.78 is 7.52. The van der Waals surface area contributed by atoms with Crippen LogP contribution in [0.25, 0.3) is 21.7 Å². The van der Waals surface area contributed by atoms with Gasteiger partial charge in [-0.15, -0.1) is 11.3 Å². The maximum absolute atomic E-state index is 12.8. The number of ether oxygens (including phenoxy) is 1. The van der Waals surface area contributed by atoms with Gasteiger partial charge in [0.2, 0.25) is 0 Å². The number of fused-ring (bicyclic) bond motifs is 1. The van der Waals surface area contributed by atoms with Gasteiger partial charge in [0.05, 0.1) is 33.6 Å². The SMILES string of the molecule is CCCn1c(-c2ccc(C(=O)Nc3cc(Cl)ccc3OC)s2)nc2ccccc21. The summed E-state index contributed by atoms with van der Waals surface area (Å²) in [5, 5.41) is 3.41. The lowest BCUT2D eigenvalue weighted by Crippen LogP contribution is -2.11. The second-order valence-electron chi connectivity index (χ2n) is 6.54. The molecular weight excluding hydrogens is 406 g/mol. The highest BCUT2D eigenvalue weighted by Crippen LogP contribution is 2.32. The number of halogens is 1. The van der Waals surface area contributed by atoms with Gasteiger partial charge < -0.3 is 14.6 Å². The lowest BCUT2D eigenvalue weighted by molar-refractivity contribution is 0.103. The average Bonchev–Trinajstić information content (AvgIpc) is 3.34. The topological polar surface area (TPSA) is 56.2 Å². The zero-order chi connectivity index (χ0) is 20.4. The highest BCUT2D eigenvalue weighted by Gasteiger charge is 2.17. The van der Waals surface area contributed by atoms with Crippen molar-refractivity contribution >= 4 is 45.6 Å². The van der Waals surface area contributed by atoms with Crippen molar-refractivity contribution in [1.29, 1.82) is 0 Å². The maximum atomic E-state index is 12.8. The number of benzene rings is 2. The van der Waals surface area contributed by atoms with Crippen LogP contribution in [-0.2, 0) is 6.54 Å². The molecule has 2 heterocycles. The van der Waals surface area contributed by atoms with Gasteiger partial charge in [0.15, 0.2) is 5.82 Å². The van der Waals surface area contributed by atoms with E-state index < -0.39 is 0 Å². The van der Waals surface area contributed by atoms with Crippen LogP contribution in [0.1, 0.15) is 23.0 Å². The number of nitrogens with one attached hydrogen (secondary N) is 1. The molecule has 7 heteroatoms. The number of methoxy groups -OCH3 is 1. The minimum atomic E-state index is -0.208. The Hall–Kier alpha value is -2.83. The van der Waals surface area contributed by atoms with Crippen molar-refractivity contribution in [2.45, 2.75) is 19.9 Å². The summed E-state index contributed by atoms with van der Waals surface area (Å²) in [6, 6.07) is 17.0. The lowest BCUT2D eigenvalue weighted by Gasteiger charge is -2.09. The molecular formula is C22H20ClN3O2S. The molecule has 0 radical (unpaired) electrons. The Morgan fingerprint density at radius 3 is 2.83 bits per heavy atom. The molecule has 0 spiro atoms. The largest absolute Gasteiger partial charge is 0.495 e. The van der Waals surface area contributed by atoms with Crippen LogP contribution in [0.15, 0.2) is 54.6 Å². The third kappa shape index (κ3) is 3.86. The molecule has 0 bridgehead atoms. The molecule has 0 fully saturated rings. The van der Waals surface area contributed by atoms with E-state index in [1.54, 1.807) is 25.3 Å². The summed E-state index contributed by atoms with van der Waals surface area (Å²) in [5.74, 6) is 1.24. The number of aryl methyl sites for hydroxylation is 1. The molecule has 0 aliphatic carbocycles. The second-order valence-corrected chi connectivity index (χ2v) is 8.06. The predicted octanol–water partition coefficient (Wildman–Crippen LogP) is 6.09. The van der Waals surface area contributed by atoms with E-state index in [1.165, 1.54) is 11.3 Å². The number of rotatable bonds is 6. The number of hydrogen-bond donors (Lipinski definition) is 1. The number of carbonyl (C=O) groups excluding carboxylic acids is 1. The summed E-state index contributed by atoms with van der Waals surface area (Å²) in [5.41, 5.74) is 2.60. The van der Waals surface area contributed by atoms with Gasteiger partial charge in [0, 0.05) is 11.6 Å². The van der Waals surface area contributed by atoms with Crippen LogP contribution in [0.3, 0.4) is 0 Å².